The molecule has 0 aliphatic carbocycles. The molecule has 1 aliphatic heterocycles. The molecule has 0 unspecified atom stereocenters. The third kappa shape index (κ3) is 5.25. The SMILES string of the molecule is CCOc1cc2c(nc1C(=O)NC)C(=N)N(CC(=O)c1cc(OCC#N)c(OC)c(C(C)(C)C)c1)C2. The molecule has 1 aliphatic rings. The number of ketones is 1. The number of methoxy groups -OCH3 is 1. The van der Waals surface area contributed by atoms with Crippen LogP contribution in [0.2, 0.25) is 0 Å². The first kappa shape index (κ1) is 26.5. The van der Waals surface area contributed by atoms with Gasteiger partial charge >= 0.3 is 0 Å². The second-order valence-corrected chi connectivity index (χ2v) is 9.23. The molecule has 0 spiro atoms. The van der Waals surface area contributed by atoms with E-state index in [4.69, 9.17) is 24.9 Å². The molecule has 1 amide bonds. The number of rotatable bonds is 9. The monoisotopic (exact) mass is 493 g/mol. The van der Waals surface area contributed by atoms with Crippen molar-refractivity contribution in [2.45, 2.75) is 39.7 Å². The molecule has 0 fully saturated rings. The number of nitrogens with one attached hydrogen (secondary N) is 2. The topological polar surface area (TPSA) is 138 Å². The van der Waals surface area contributed by atoms with Crippen molar-refractivity contribution in [2.75, 3.05) is 33.9 Å². The molecule has 10 heteroatoms. The lowest BCUT2D eigenvalue weighted by molar-refractivity contribution is 0.0949. The second kappa shape index (κ2) is 10.6. The number of benzene rings is 1. The highest BCUT2D eigenvalue weighted by Crippen LogP contribution is 2.40. The van der Waals surface area contributed by atoms with Gasteiger partial charge in [-0.1, -0.05) is 20.8 Å². The fourth-order valence-electron chi connectivity index (χ4n) is 3.99. The van der Waals surface area contributed by atoms with Crippen molar-refractivity contribution in [1.29, 1.82) is 10.7 Å². The maximum absolute atomic E-state index is 13.4. The number of fused-ring (bicyclic) bond motifs is 1. The van der Waals surface area contributed by atoms with Gasteiger partial charge in [-0.25, -0.2) is 4.98 Å². The molecule has 1 aromatic carbocycles. The van der Waals surface area contributed by atoms with Crippen molar-refractivity contribution in [1.82, 2.24) is 15.2 Å². The zero-order valence-corrected chi connectivity index (χ0v) is 21.4. The highest BCUT2D eigenvalue weighted by atomic mass is 16.5. The maximum atomic E-state index is 13.4. The van der Waals surface area contributed by atoms with Gasteiger partial charge in [0.15, 0.2) is 35.3 Å². The summed E-state index contributed by atoms with van der Waals surface area (Å²) < 4.78 is 16.7. The third-order valence-electron chi connectivity index (χ3n) is 5.73. The Balaban J connectivity index is 1.94. The van der Waals surface area contributed by atoms with Crippen LogP contribution >= 0.6 is 0 Å². The van der Waals surface area contributed by atoms with Crippen molar-refractivity contribution < 1.29 is 23.8 Å². The number of hydrogen-bond donors (Lipinski definition) is 2. The van der Waals surface area contributed by atoms with Gasteiger partial charge in [0, 0.05) is 30.3 Å². The van der Waals surface area contributed by atoms with Crippen LogP contribution in [-0.4, -0.2) is 61.3 Å². The summed E-state index contributed by atoms with van der Waals surface area (Å²) in [7, 11) is 3.02. The number of nitrogens with zero attached hydrogens (tertiary/aromatic N) is 3. The molecule has 0 saturated carbocycles. The minimum Gasteiger partial charge on any atom is -0.493 e. The molecule has 0 saturated heterocycles. The van der Waals surface area contributed by atoms with E-state index in [1.54, 1.807) is 23.1 Å². The van der Waals surface area contributed by atoms with Crippen LogP contribution in [0.25, 0.3) is 0 Å². The van der Waals surface area contributed by atoms with Crippen LogP contribution in [0.15, 0.2) is 18.2 Å². The Hall–Kier alpha value is -4.13. The Bertz CT molecular complexity index is 1240. The lowest BCUT2D eigenvalue weighted by atomic mass is 9.84. The fourth-order valence-corrected chi connectivity index (χ4v) is 3.99. The van der Waals surface area contributed by atoms with E-state index in [2.05, 4.69) is 10.3 Å². The number of ether oxygens (including phenoxy) is 3. The van der Waals surface area contributed by atoms with Crippen LogP contribution in [0, 0.1) is 16.7 Å². The maximum Gasteiger partial charge on any atom is 0.273 e. The summed E-state index contributed by atoms with van der Waals surface area (Å²) in [4.78, 5) is 31.7. The van der Waals surface area contributed by atoms with E-state index < -0.39 is 5.91 Å². The minimum atomic E-state index is -0.415. The second-order valence-electron chi connectivity index (χ2n) is 9.23. The normalized spacial score (nSPS) is 12.6. The van der Waals surface area contributed by atoms with E-state index in [1.165, 1.54) is 14.2 Å². The number of Topliss-reactive ketones (excluding diaryl/α,β-unsaturated/α-hetero) is 1. The van der Waals surface area contributed by atoms with E-state index in [1.807, 2.05) is 33.8 Å². The first-order valence-electron chi connectivity index (χ1n) is 11.5. The van der Waals surface area contributed by atoms with Gasteiger partial charge < -0.3 is 24.4 Å². The molecule has 2 N–H and O–H groups in total. The van der Waals surface area contributed by atoms with Gasteiger partial charge in [-0.3, -0.25) is 15.0 Å². The van der Waals surface area contributed by atoms with E-state index in [0.717, 1.165) is 5.56 Å². The Morgan fingerprint density at radius 1 is 1.22 bits per heavy atom. The number of amides is 1. The average molecular weight is 494 g/mol. The van der Waals surface area contributed by atoms with Crippen LogP contribution < -0.4 is 19.5 Å². The predicted octanol–water partition coefficient (Wildman–Crippen LogP) is 3.07. The molecule has 0 bridgehead atoms. The summed E-state index contributed by atoms with van der Waals surface area (Å²) in [6.07, 6.45) is 0. The van der Waals surface area contributed by atoms with Crippen molar-refractivity contribution >= 4 is 17.5 Å². The highest BCUT2D eigenvalue weighted by Gasteiger charge is 2.32. The number of carbonyl (C=O) groups is 2. The molecule has 36 heavy (non-hydrogen) atoms. The summed E-state index contributed by atoms with van der Waals surface area (Å²) in [5, 5.41) is 20.1. The summed E-state index contributed by atoms with van der Waals surface area (Å²) in [6.45, 7) is 8.15. The Labute approximate surface area is 210 Å². The number of nitriles is 1. The van der Waals surface area contributed by atoms with Crippen LogP contribution in [0.1, 0.15) is 65.4 Å². The van der Waals surface area contributed by atoms with Gasteiger partial charge in [0.1, 0.15) is 17.6 Å². The number of amidine groups is 1. The zero-order chi connectivity index (χ0) is 26.6. The number of carbonyl (C=O) groups excluding carboxylic acids is 2. The molecule has 0 radical (unpaired) electrons. The Kier molecular flexibility index (Phi) is 7.83. The average Bonchev–Trinajstić information content (AvgIpc) is 3.14. The van der Waals surface area contributed by atoms with Crippen LogP contribution in [0.3, 0.4) is 0 Å². The lowest BCUT2D eigenvalue weighted by Gasteiger charge is -2.25. The number of hydrogen-bond acceptors (Lipinski definition) is 8. The molecular weight excluding hydrogens is 462 g/mol. The van der Waals surface area contributed by atoms with Crippen molar-refractivity contribution in [3.63, 3.8) is 0 Å². The quantitative estimate of drug-likeness (QED) is 0.509. The number of aromatic nitrogens is 1. The molecule has 3 rings (SSSR count). The van der Waals surface area contributed by atoms with E-state index in [-0.39, 0.29) is 42.4 Å². The molecular formula is C26H31N5O5. The Morgan fingerprint density at radius 3 is 2.53 bits per heavy atom. The van der Waals surface area contributed by atoms with E-state index >= 15 is 0 Å². The van der Waals surface area contributed by atoms with Crippen molar-refractivity contribution in [3.8, 4) is 23.3 Å². The first-order chi connectivity index (χ1) is 17.0. The lowest BCUT2D eigenvalue weighted by Crippen LogP contribution is -2.31. The molecule has 1 aromatic heterocycles. The minimum absolute atomic E-state index is 0.0528. The number of pyridine rings is 1. The molecule has 0 atom stereocenters. The van der Waals surface area contributed by atoms with Gasteiger partial charge in [0.25, 0.3) is 5.91 Å². The van der Waals surface area contributed by atoms with Crippen LogP contribution in [-0.2, 0) is 12.0 Å². The van der Waals surface area contributed by atoms with Gasteiger partial charge in [0.2, 0.25) is 0 Å². The van der Waals surface area contributed by atoms with Gasteiger partial charge in [-0.15, -0.1) is 0 Å². The molecule has 10 nitrogen and oxygen atoms in total. The van der Waals surface area contributed by atoms with Crippen LogP contribution in [0.4, 0.5) is 0 Å². The summed E-state index contributed by atoms with van der Waals surface area (Å²) >= 11 is 0. The first-order valence-corrected chi connectivity index (χ1v) is 11.5. The van der Waals surface area contributed by atoms with E-state index in [9.17, 15) is 9.59 Å². The zero-order valence-electron chi connectivity index (χ0n) is 21.4. The molecule has 2 aromatic rings. The predicted molar refractivity (Wildman–Crippen MR) is 133 cm³/mol. The largest absolute Gasteiger partial charge is 0.493 e. The fraction of sp³-hybridized carbons (Fsp3) is 0.423. The van der Waals surface area contributed by atoms with Crippen molar-refractivity contribution in [2.24, 2.45) is 0 Å². The van der Waals surface area contributed by atoms with E-state index in [0.29, 0.717) is 40.7 Å². The third-order valence-corrected chi connectivity index (χ3v) is 5.73. The molecule has 190 valence electrons. The standard InChI is InChI=1S/C26H31N5O5/c1-7-35-19-12-16-13-31(24(28)21(16)30-22(19)25(33)29-5)14-18(32)15-10-17(26(2,3)4)23(34-6)20(11-15)36-9-8-27/h10-12,28H,7,9,13-14H2,1-6H3,(H,29,33). The van der Waals surface area contributed by atoms with Crippen molar-refractivity contribution in [3.05, 3.63) is 46.3 Å². The van der Waals surface area contributed by atoms with Gasteiger partial charge in [-0.2, -0.15) is 5.26 Å². The smallest absolute Gasteiger partial charge is 0.273 e. The van der Waals surface area contributed by atoms with Crippen LogP contribution in [0.5, 0.6) is 17.2 Å². The highest BCUT2D eigenvalue weighted by molar-refractivity contribution is 6.05. The summed E-state index contributed by atoms with van der Waals surface area (Å²) in [5.41, 5.74) is 1.92. The summed E-state index contributed by atoms with van der Waals surface area (Å²) in [6, 6.07) is 6.97. The van der Waals surface area contributed by atoms with Gasteiger partial charge in [-0.05, 0) is 30.5 Å². The van der Waals surface area contributed by atoms with Gasteiger partial charge in [0.05, 0.1) is 20.3 Å². The summed E-state index contributed by atoms with van der Waals surface area (Å²) in [5.74, 6) is 0.524. The molecule has 2 heterocycles. The Morgan fingerprint density at radius 2 is 1.94 bits per heavy atom.